The van der Waals surface area contributed by atoms with Crippen LogP contribution in [0.5, 0.6) is 0 Å². The van der Waals surface area contributed by atoms with Gasteiger partial charge in [-0.2, -0.15) is 0 Å². The van der Waals surface area contributed by atoms with Crippen LogP contribution in [0, 0.1) is 5.41 Å². The van der Waals surface area contributed by atoms with Crippen LogP contribution in [0.25, 0.3) is 0 Å². The number of carbonyl (C=O) groups is 1. The zero-order chi connectivity index (χ0) is 14.5. The van der Waals surface area contributed by atoms with Gasteiger partial charge in [-0.25, -0.2) is 0 Å². The lowest BCUT2D eigenvalue weighted by Gasteiger charge is -2.35. The number of rotatable bonds is 4. The molecule has 104 valence electrons. The van der Waals surface area contributed by atoms with Crippen molar-refractivity contribution in [3.05, 3.63) is 47.1 Å². The molecule has 1 unspecified atom stereocenters. The van der Waals surface area contributed by atoms with E-state index in [1.807, 2.05) is 13.0 Å². The molecule has 2 nitrogen and oxygen atoms in total. The predicted molar refractivity (Wildman–Crippen MR) is 79.8 cm³/mol. The van der Waals surface area contributed by atoms with E-state index in [2.05, 4.69) is 32.9 Å². The van der Waals surface area contributed by atoms with Crippen LogP contribution in [-0.4, -0.2) is 17.5 Å². The molecular formula is C17H24O2. The van der Waals surface area contributed by atoms with E-state index >= 15 is 0 Å². The molecule has 0 aliphatic heterocycles. The topological polar surface area (TPSA) is 37.3 Å². The molecule has 1 aliphatic rings. The number of hydrogen-bond acceptors (Lipinski definition) is 2. The monoisotopic (exact) mass is 260 g/mol. The largest absolute Gasteiger partial charge is 0.393 e. The number of aliphatic hydroxyl groups is 1. The van der Waals surface area contributed by atoms with Crippen molar-refractivity contribution in [1.29, 1.82) is 0 Å². The minimum Gasteiger partial charge on any atom is -0.393 e. The lowest BCUT2D eigenvalue weighted by atomic mass is 9.71. The summed E-state index contributed by atoms with van der Waals surface area (Å²) in [5.41, 5.74) is 3.68. The molecular weight excluding hydrogens is 236 g/mol. The van der Waals surface area contributed by atoms with E-state index in [9.17, 15) is 9.90 Å². The smallest absolute Gasteiger partial charge is 0.142 e. The first-order valence-corrected chi connectivity index (χ1v) is 6.72. The Hall–Kier alpha value is -1.41. The van der Waals surface area contributed by atoms with Gasteiger partial charge in [0.2, 0.25) is 0 Å². The molecule has 1 atom stereocenters. The molecule has 19 heavy (non-hydrogen) atoms. The van der Waals surface area contributed by atoms with Gasteiger partial charge in [0.25, 0.3) is 0 Å². The Bertz CT molecular complexity index is 448. The van der Waals surface area contributed by atoms with Crippen molar-refractivity contribution < 1.29 is 9.90 Å². The number of allylic oxidation sites excluding steroid dienone is 7. The van der Waals surface area contributed by atoms with Crippen LogP contribution in [0.4, 0.5) is 0 Å². The summed E-state index contributed by atoms with van der Waals surface area (Å²) in [7, 11) is 0. The fourth-order valence-electron chi connectivity index (χ4n) is 2.70. The van der Waals surface area contributed by atoms with Crippen molar-refractivity contribution in [1.82, 2.24) is 0 Å². The van der Waals surface area contributed by atoms with Gasteiger partial charge in [0, 0.05) is 0 Å². The van der Waals surface area contributed by atoms with Gasteiger partial charge >= 0.3 is 0 Å². The third-order valence-corrected chi connectivity index (χ3v) is 3.54. The van der Waals surface area contributed by atoms with E-state index in [0.717, 1.165) is 24.7 Å². The second kappa shape index (κ2) is 6.67. The second-order valence-corrected chi connectivity index (χ2v) is 5.90. The summed E-state index contributed by atoms with van der Waals surface area (Å²) in [6.45, 7) is 8.44. The third-order valence-electron chi connectivity index (χ3n) is 3.54. The van der Waals surface area contributed by atoms with Gasteiger partial charge in [-0.15, -0.1) is 0 Å². The summed E-state index contributed by atoms with van der Waals surface area (Å²) in [6, 6.07) is 0. The SMILES string of the molecule is CC1=C(/C=C/C(C)=C/C=C/C=O)C(C)(C)CC(O)C1. The number of hydrogen-bond donors (Lipinski definition) is 1. The quantitative estimate of drug-likeness (QED) is 0.475. The van der Waals surface area contributed by atoms with E-state index in [4.69, 9.17) is 0 Å². The molecule has 0 saturated carbocycles. The molecule has 2 heteroatoms. The van der Waals surface area contributed by atoms with Crippen molar-refractivity contribution in [3.8, 4) is 0 Å². The zero-order valence-electron chi connectivity index (χ0n) is 12.3. The average molecular weight is 260 g/mol. The molecule has 0 amide bonds. The molecule has 0 heterocycles. The molecule has 0 aromatic carbocycles. The molecule has 1 aliphatic carbocycles. The van der Waals surface area contributed by atoms with E-state index in [-0.39, 0.29) is 11.5 Å². The van der Waals surface area contributed by atoms with E-state index in [1.165, 1.54) is 17.2 Å². The van der Waals surface area contributed by atoms with Gasteiger partial charge < -0.3 is 5.11 Å². The van der Waals surface area contributed by atoms with Crippen LogP contribution in [0.1, 0.15) is 40.5 Å². The van der Waals surface area contributed by atoms with Crippen LogP contribution >= 0.6 is 0 Å². The molecule has 0 aromatic rings. The minimum atomic E-state index is -0.223. The summed E-state index contributed by atoms with van der Waals surface area (Å²) in [4.78, 5) is 10.2. The molecule has 0 radical (unpaired) electrons. The summed E-state index contributed by atoms with van der Waals surface area (Å²) in [5, 5.41) is 9.84. The van der Waals surface area contributed by atoms with Gasteiger partial charge in [-0.3, -0.25) is 4.79 Å². The highest BCUT2D eigenvalue weighted by Gasteiger charge is 2.31. The van der Waals surface area contributed by atoms with Gasteiger partial charge in [0.05, 0.1) is 6.10 Å². The van der Waals surface area contributed by atoms with Crippen molar-refractivity contribution in [3.63, 3.8) is 0 Å². The minimum absolute atomic E-state index is 0.0111. The maximum Gasteiger partial charge on any atom is 0.142 e. The second-order valence-electron chi connectivity index (χ2n) is 5.90. The van der Waals surface area contributed by atoms with Crippen LogP contribution in [0.2, 0.25) is 0 Å². The first-order chi connectivity index (χ1) is 8.86. The fourth-order valence-corrected chi connectivity index (χ4v) is 2.70. The number of aliphatic hydroxyl groups excluding tert-OH is 1. The Morgan fingerprint density at radius 2 is 2.05 bits per heavy atom. The Morgan fingerprint density at radius 1 is 1.37 bits per heavy atom. The van der Waals surface area contributed by atoms with Crippen LogP contribution < -0.4 is 0 Å². The van der Waals surface area contributed by atoms with Gasteiger partial charge in [-0.05, 0) is 43.8 Å². The van der Waals surface area contributed by atoms with E-state index in [0.29, 0.717) is 0 Å². The molecule has 1 rings (SSSR count). The Balaban J connectivity index is 2.90. The Morgan fingerprint density at radius 3 is 2.63 bits per heavy atom. The highest BCUT2D eigenvalue weighted by Crippen LogP contribution is 2.40. The van der Waals surface area contributed by atoms with Crippen molar-refractivity contribution >= 4 is 6.29 Å². The fraction of sp³-hybridized carbons (Fsp3) is 0.471. The number of aldehydes is 1. The van der Waals surface area contributed by atoms with Gasteiger partial charge in [0.15, 0.2) is 0 Å². The van der Waals surface area contributed by atoms with Crippen LogP contribution in [-0.2, 0) is 4.79 Å². The van der Waals surface area contributed by atoms with Crippen molar-refractivity contribution in [2.24, 2.45) is 5.41 Å². The predicted octanol–water partition coefficient (Wildman–Crippen LogP) is 3.74. The first kappa shape index (κ1) is 15.6. The molecule has 0 saturated heterocycles. The number of carbonyl (C=O) groups excluding carboxylic acids is 1. The van der Waals surface area contributed by atoms with Gasteiger partial charge in [-0.1, -0.05) is 49.3 Å². The summed E-state index contributed by atoms with van der Waals surface area (Å²) >= 11 is 0. The lowest BCUT2D eigenvalue weighted by Crippen LogP contribution is -2.28. The summed E-state index contributed by atoms with van der Waals surface area (Å²) in [5.74, 6) is 0. The zero-order valence-corrected chi connectivity index (χ0v) is 12.3. The van der Waals surface area contributed by atoms with Crippen LogP contribution in [0.15, 0.2) is 47.1 Å². The normalized spacial score (nSPS) is 24.5. The molecule has 0 aromatic heterocycles. The Kier molecular flexibility index (Phi) is 5.49. The van der Waals surface area contributed by atoms with Crippen molar-refractivity contribution in [2.75, 3.05) is 0 Å². The third kappa shape index (κ3) is 4.64. The molecule has 0 bridgehead atoms. The highest BCUT2D eigenvalue weighted by atomic mass is 16.3. The van der Waals surface area contributed by atoms with E-state index < -0.39 is 0 Å². The maximum atomic E-state index is 10.2. The average Bonchev–Trinajstić information content (AvgIpc) is 2.26. The van der Waals surface area contributed by atoms with Gasteiger partial charge in [0.1, 0.15) is 6.29 Å². The first-order valence-electron chi connectivity index (χ1n) is 6.72. The summed E-state index contributed by atoms with van der Waals surface area (Å²) < 4.78 is 0. The lowest BCUT2D eigenvalue weighted by molar-refractivity contribution is -0.104. The molecule has 0 spiro atoms. The molecule has 0 fully saturated rings. The van der Waals surface area contributed by atoms with Crippen molar-refractivity contribution in [2.45, 2.75) is 46.6 Å². The standard InChI is InChI=1S/C17H24O2/c1-13(7-5-6-10-18)8-9-16-14(2)11-15(19)12-17(16,3)4/h5-10,15,19H,11-12H2,1-4H3/b6-5+,9-8+,13-7+. The molecule has 1 N–H and O–H groups in total. The summed E-state index contributed by atoms with van der Waals surface area (Å²) in [6.07, 6.45) is 11.4. The van der Waals surface area contributed by atoms with E-state index in [1.54, 1.807) is 6.08 Å². The van der Waals surface area contributed by atoms with Crippen LogP contribution in [0.3, 0.4) is 0 Å². The highest BCUT2D eigenvalue weighted by molar-refractivity contribution is 5.65. The Labute approximate surface area is 116 Å². The maximum absolute atomic E-state index is 10.2.